The van der Waals surface area contributed by atoms with E-state index in [4.69, 9.17) is 0 Å². The molecular formula is C20H33N3O3S. The minimum absolute atomic E-state index is 0.179. The van der Waals surface area contributed by atoms with Gasteiger partial charge in [-0.2, -0.15) is 0 Å². The molecule has 1 saturated heterocycles. The lowest BCUT2D eigenvalue weighted by Gasteiger charge is -2.29. The van der Waals surface area contributed by atoms with Gasteiger partial charge < -0.3 is 5.32 Å². The van der Waals surface area contributed by atoms with Gasteiger partial charge in [0.1, 0.15) is 0 Å². The molecule has 1 aromatic rings. The van der Waals surface area contributed by atoms with E-state index in [1.165, 1.54) is 37.3 Å². The summed E-state index contributed by atoms with van der Waals surface area (Å²) in [5.41, 5.74) is 1.01. The monoisotopic (exact) mass is 395 g/mol. The van der Waals surface area contributed by atoms with Crippen molar-refractivity contribution in [3.05, 3.63) is 29.3 Å². The van der Waals surface area contributed by atoms with Crippen molar-refractivity contribution in [1.29, 1.82) is 0 Å². The van der Waals surface area contributed by atoms with E-state index in [2.05, 4.69) is 24.1 Å². The fraction of sp³-hybridized carbons (Fsp3) is 0.650. The summed E-state index contributed by atoms with van der Waals surface area (Å²) in [6.07, 6.45) is 3.47. The second-order valence-corrected chi connectivity index (χ2v) is 10.1. The van der Waals surface area contributed by atoms with Crippen molar-refractivity contribution in [2.75, 3.05) is 33.7 Å². The largest absolute Gasteiger partial charge is 0.350 e. The highest BCUT2D eigenvalue weighted by atomic mass is 32.2. The third kappa shape index (κ3) is 5.53. The van der Waals surface area contributed by atoms with E-state index in [1.54, 1.807) is 19.1 Å². The van der Waals surface area contributed by atoms with Gasteiger partial charge in [-0.1, -0.05) is 19.9 Å². The van der Waals surface area contributed by atoms with Crippen LogP contribution in [0.1, 0.15) is 49.0 Å². The van der Waals surface area contributed by atoms with Crippen LogP contribution in [-0.2, 0) is 10.0 Å². The van der Waals surface area contributed by atoms with Crippen LogP contribution in [0, 0.1) is 12.8 Å². The van der Waals surface area contributed by atoms with E-state index in [9.17, 15) is 13.2 Å². The number of sulfonamides is 1. The van der Waals surface area contributed by atoms with Crippen LogP contribution in [0.3, 0.4) is 0 Å². The zero-order chi connectivity index (χ0) is 20.2. The van der Waals surface area contributed by atoms with Crippen molar-refractivity contribution >= 4 is 15.9 Å². The standard InChI is InChI=1S/C20H33N3O3S/c1-15(2)12-18(23-10-6-7-11-23)14-21-20(24)17-9-8-16(3)19(13-17)27(25,26)22(4)5/h8-9,13,15,18H,6-7,10-12,14H2,1-5H3,(H,21,24). The summed E-state index contributed by atoms with van der Waals surface area (Å²) in [4.78, 5) is 15.3. The maximum absolute atomic E-state index is 12.7. The Morgan fingerprint density at radius 2 is 1.85 bits per heavy atom. The van der Waals surface area contributed by atoms with E-state index in [-0.39, 0.29) is 10.8 Å². The Morgan fingerprint density at radius 3 is 2.41 bits per heavy atom. The maximum Gasteiger partial charge on any atom is 0.251 e. The smallest absolute Gasteiger partial charge is 0.251 e. The van der Waals surface area contributed by atoms with Crippen molar-refractivity contribution in [3.63, 3.8) is 0 Å². The van der Waals surface area contributed by atoms with Crippen LogP contribution in [0.4, 0.5) is 0 Å². The van der Waals surface area contributed by atoms with Gasteiger partial charge in [0.25, 0.3) is 5.91 Å². The van der Waals surface area contributed by atoms with E-state index in [1.807, 2.05) is 0 Å². The van der Waals surface area contributed by atoms with Gasteiger partial charge in [-0.15, -0.1) is 0 Å². The van der Waals surface area contributed by atoms with Gasteiger partial charge in [0.2, 0.25) is 10.0 Å². The number of hydrogen-bond donors (Lipinski definition) is 1. The third-order valence-corrected chi connectivity index (χ3v) is 7.06. The summed E-state index contributed by atoms with van der Waals surface area (Å²) in [7, 11) is -0.590. The number of carbonyl (C=O) groups excluding carboxylic acids is 1. The Kier molecular flexibility index (Phi) is 7.42. The first-order valence-electron chi connectivity index (χ1n) is 9.68. The minimum atomic E-state index is -3.58. The van der Waals surface area contributed by atoms with Crippen molar-refractivity contribution in [3.8, 4) is 0 Å². The zero-order valence-electron chi connectivity index (χ0n) is 17.2. The Hall–Kier alpha value is -1.44. The molecule has 152 valence electrons. The average molecular weight is 396 g/mol. The number of carbonyl (C=O) groups is 1. The van der Waals surface area contributed by atoms with E-state index < -0.39 is 10.0 Å². The summed E-state index contributed by atoms with van der Waals surface area (Å²) >= 11 is 0. The molecule has 2 rings (SSSR count). The first-order chi connectivity index (χ1) is 12.6. The van der Waals surface area contributed by atoms with Gasteiger partial charge in [-0.25, -0.2) is 12.7 Å². The first kappa shape index (κ1) is 21.9. The lowest BCUT2D eigenvalue weighted by atomic mass is 10.0. The molecule has 0 aromatic heterocycles. The molecule has 0 spiro atoms. The fourth-order valence-electron chi connectivity index (χ4n) is 3.54. The molecule has 1 unspecified atom stereocenters. The fourth-order valence-corrected chi connectivity index (χ4v) is 4.69. The number of amides is 1. The van der Waals surface area contributed by atoms with Crippen LogP contribution in [0.5, 0.6) is 0 Å². The van der Waals surface area contributed by atoms with Crippen molar-refractivity contribution in [1.82, 2.24) is 14.5 Å². The average Bonchev–Trinajstić information content (AvgIpc) is 3.12. The van der Waals surface area contributed by atoms with E-state index in [0.717, 1.165) is 19.5 Å². The predicted octanol–water partition coefficient (Wildman–Crippen LogP) is 2.49. The lowest BCUT2D eigenvalue weighted by Crippen LogP contribution is -2.43. The van der Waals surface area contributed by atoms with Gasteiger partial charge in [0.05, 0.1) is 4.90 Å². The molecule has 1 aliphatic heterocycles. The van der Waals surface area contributed by atoms with Crippen molar-refractivity contribution in [2.24, 2.45) is 5.92 Å². The SMILES string of the molecule is Cc1ccc(C(=O)NCC(CC(C)C)N2CCCC2)cc1S(=O)(=O)N(C)C. The summed E-state index contributed by atoms with van der Waals surface area (Å²) in [5, 5.41) is 3.02. The maximum atomic E-state index is 12.7. The van der Waals surface area contributed by atoms with Crippen LogP contribution in [0.25, 0.3) is 0 Å². The van der Waals surface area contributed by atoms with Gasteiger partial charge in [-0.05, 0) is 62.9 Å². The molecule has 1 aliphatic rings. The van der Waals surface area contributed by atoms with Gasteiger partial charge in [-0.3, -0.25) is 9.69 Å². The van der Waals surface area contributed by atoms with Crippen LogP contribution in [0.2, 0.25) is 0 Å². The Balaban J connectivity index is 2.13. The second kappa shape index (κ2) is 9.17. The Morgan fingerprint density at radius 1 is 1.22 bits per heavy atom. The Bertz CT molecular complexity index is 754. The summed E-state index contributed by atoms with van der Waals surface area (Å²) in [6, 6.07) is 5.18. The number of aryl methyl sites for hydroxylation is 1. The Labute approximate surface area is 164 Å². The van der Waals surface area contributed by atoms with Crippen LogP contribution < -0.4 is 5.32 Å². The van der Waals surface area contributed by atoms with Crippen LogP contribution in [-0.4, -0.2) is 63.3 Å². The molecule has 6 nitrogen and oxygen atoms in total. The topological polar surface area (TPSA) is 69.7 Å². The molecule has 27 heavy (non-hydrogen) atoms. The van der Waals surface area contributed by atoms with Crippen LogP contribution in [0.15, 0.2) is 23.1 Å². The molecule has 1 amide bonds. The number of rotatable bonds is 8. The van der Waals surface area contributed by atoms with E-state index >= 15 is 0 Å². The highest BCUT2D eigenvalue weighted by Gasteiger charge is 2.24. The number of nitrogens with one attached hydrogen (secondary N) is 1. The van der Waals surface area contributed by atoms with Gasteiger partial charge in [0.15, 0.2) is 0 Å². The molecule has 1 fully saturated rings. The third-order valence-electron chi connectivity index (χ3n) is 5.11. The first-order valence-corrected chi connectivity index (χ1v) is 11.1. The normalized spacial score (nSPS) is 16.9. The number of benzene rings is 1. The molecule has 0 saturated carbocycles. The zero-order valence-corrected chi connectivity index (χ0v) is 18.0. The molecule has 1 heterocycles. The summed E-state index contributed by atoms with van der Waals surface area (Å²) in [6.45, 7) is 8.89. The molecule has 0 bridgehead atoms. The minimum Gasteiger partial charge on any atom is -0.350 e. The number of hydrogen-bond acceptors (Lipinski definition) is 4. The predicted molar refractivity (Wildman–Crippen MR) is 108 cm³/mol. The molecule has 0 radical (unpaired) electrons. The second-order valence-electron chi connectivity index (χ2n) is 8.00. The molecule has 1 aromatic carbocycles. The van der Waals surface area contributed by atoms with Crippen LogP contribution >= 0.6 is 0 Å². The van der Waals surface area contributed by atoms with Gasteiger partial charge >= 0.3 is 0 Å². The molecule has 1 N–H and O–H groups in total. The molecule has 7 heteroatoms. The molecule has 0 aliphatic carbocycles. The summed E-state index contributed by atoms with van der Waals surface area (Å²) < 4.78 is 26.1. The van der Waals surface area contributed by atoms with Gasteiger partial charge in [0, 0.05) is 32.2 Å². The highest BCUT2D eigenvalue weighted by Crippen LogP contribution is 2.20. The van der Waals surface area contributed by atoms with E-state index in [0.29, 0.717) is 29.6 Å². The van der Waals surface area contributed by atoms with Crippen molar-refractivity contribution < 1.29 is 13.2 Å². The highest BCUT2D eigenvalue weighted by molar-refractivity contribution is 7.89. The summed E-state index contributed by atoms with van der Waals surface area (Å²) in [5.74, 6) is 0.335. The molecule has 1 atom stereocenters. The number of nitrogens with zero attached hydrogens (tertiary/aromatic N) is 2. The molecular weight excluding hydrogens is 362 g/mol. The number of likely N-dealkylation sites (tertiary alicyclic amines) is 1. The van der Waals surface area contributed by atoms with Crippen molar-refractivity contribution in [2.45, 2.75) is 51.0 Å². The lowest BCUT2D eigenvalue weighted by molar-refractivity contribution is 0.0933. The quantitative estimate of drug-likeness (QED) is 0.734.